The van der Waals surface area contributed by atoms with Crippen LogP contribution in [0.3, 0.4) is 0 Å². The van der Waals surface area contributed by atoms with E-state index in [4.69, 9.17) is 4.98 Å². The second-order valence-corrected chi connectivity index (χ2v) is 10.7. The summed E-state index contributed by atoms with van der Waals surface area (Å²) in [5.41, 5.74) is 3.54. The van der Waals surface area contributed by atoms with Crippen molar-refractivity contribution >= 4 is 43.8 Å². The summed E-state index contributed by atoms with van der Waals surface area (Å²) in [5, 5.41) is 8.62. The lowest BCUT2D eigenvalue weighted by Crippen LogP contribution is -2.35. The molecule has 1 aliphatic rings. The fourth-order valence-electron chi connectivity index (χ4n) is 3.92. The maximum absolute atomic E-state index is 12.8. The molecule has 0 unspecified atom stereocenters. The van der Waals surface area contributed by atoms with Crippen molar-refractivity contribution in [1.82, 2.24) is 15.2 Å². The van der Waals surface area contributed by atoms with Crippen LogP contribution in [0, 0.1) is 0 Å². The van der Waals surface area contributed by atoms with Crippen LogP contribution < -0.4 is 10.6 Å². The first-order valence-corrected chi connectivity index (χ1v) is 12.9. The van der Waals surface area contributed by atoms with Crippen molar-refractivity contribution in [2.45, 2.75) is 65.6 Å². The Hall–Kier alpha value is -1.80. The lowest BCUT2D eigenvalue weighted by molar-refractivity contribution is -0.116. The molecule has 0 saturated carbocycles. The third-order valence-corrected chi connectivity index (χ3v) is 8.22. The number of fused-ring (bicyclic) bond motifs is 2. The fourth-order valence-corrected chi connectivity index (χ4v) is 6.32. The Labute approximate surface area is 192 Å². The largest absolute Gasteiger partial charge is 0.317 e. The molecule has 166 valence electrons. The number of hydrogen-bond acceptors (Lipinski definition) is 6. The lowest BCUT2D eigenvalue weighted by Gasteiger charge is -2.30. The predicted octanol–water partition coefficient (Wildman–Crippen LogP) is 5.51. The highest BCUT2D eigenvalue weighted by Crippen LogP contribution is 2.45. The second kappa shape index (κ2) is 9.77. The summed E-state index contributed by atoms with van der Waals surface area (Å²) in [7, 11) is 0. The van der Waals surface area contributed by atoms with E-state index in [1.807, 2.05) is 6.07 Å². The van der Waals surface area contributed by atoms with Crippen LogP contribution in [0.25, 0.3) is 20.8 Å². The summed E-state index contributed by atoms with van der Waals surface area (Å²) < 4.78 is 1.19. The Bertz CT molecular complexity index is 1020. The van der Waals surface area contributed by atoms with Gasteiger partial charge < -0.3 is 10.6 Å². The zero-order valence-corrected chi connectivity index (χ0v) is 20.5. The molecule has 2 aromatic heterocycles. The molecular formula is C24H32N4OS2. The van der Waals surface area contributed by atoms with Gasteiger partial charge in [-0.15, -0.1) is 22.7 Å². The molecule has 1 amide bonds. The first-order chi connectivity index (χ1) is 15.0. The number of thiazole rings is 1. The lowest BCUT2D eigenvalue weighted by atomic mass is 10.0. The van der Waals surface area contributed by atoms with Crippen molar-refractivity contribution in [3.05, 3.63) is 34.7 Å². The number of carbonyl (C=O) groups is 1. The first kappa shape index (κ1) is 22.4. The van der Waals surface area contributed by atoms with Gasteiger partial charge in [0.2, 0.25) is 5.91 Å². The highest BCUT2D eigenvalue weighted by Gasteiger charge is 2.28. The average Bonchev–Trinajstić information content (AvgIpc) is 3.33. The Morgan fingerprint density at radius 3 is 2.77 bits per heavy atom. The van der Waals surface area contributed by atoms with E-state index >= 15 is 0 Å². The van der Waals surface area contributed by atoms with Crippen LogP contribution in [0.1, 0.15) is 51.0 Å². The molecule has 31 heavy (non-hydrogen) atoms. The summed E-state index contributed by atoms with van der Waals surface area (Å²) in [5.74, 6) is 0.0671. The topological polar surface area (TPSA) is 57.3 Å². The minimum Gasteiger partial charge on any atom is -0.317 e. The van der Waals surface area contributed by atoms with Crippen LogP contribution in [0.15, 0.2) is 24.3 Å². The van der Waals surface area contributed by atoms with Crippen molar-refractivity contribution in [3.63, 3.8) is 0 Å². The molecule has 5 nitrogen and oxygen atoms in total. The van der Waals surface area contributed by atoms with E-state index in [0.29, 0.717) is 25.0 Å². The zero-order valence-electron chi connectivity index (χ0n) is 18.8. The number of rotatable bonds is 8. The smallest absolute Gasteiger partial charge is 0.226 e. The first-order valence-electron chi connectivity index (χ1n) is 11.2. The fraction of sp³-hybridized carbons (Fsp3) is 0.500. The molecule has 0 bridgehead atoms. The van der Waals surface area contributed by atoms with Crippen LogP contribution in [0.2, 0.25) is 0 Å². The van der Waals surface area contributed by atoms with Gasteiger partial charge in [-0.1, -0.05) is 19.1 Å². The van der Waals surface area contributed by atoms with Crippen molar-refractivity contribution in [2.24, 2.45) is 0 Å². The van der Waals surface area contributed by atoms with Gasteiger partial charge in [0.15, 0.2) is 0 Å². The summed E-state index contributed by atoms with van der Waals surface area (Å²) in [4.78, 5) is 21.5. The number of nitrogens with zero attached hydrogens (tertiary/aromatic N) is 2. The van der Waals surface area contributed by atoms with E-state index < -0.39 is 0 Å². The molecule has 0 radical (unpaired) electrons. The summed E-state index contributed by atoms with van der Waals surface area (Å²) >= 11 is 3.45. The second-order valence-electron chi connectivity index (χ2n) is 8.57. The third kappa shape index (κ3) is 5.00. The number of aromatic nitrogens is 1. The van der Waals surface area contributed by atoms with Crippen molar-refractivity contribution in [1.29, 1.82) is 0 Å². The van der Waals surface area contributed by atoms with Gasteiger partial charge in [0.25, 0.3) is 0 Å². The molecule has 0 spiro atoms. The zero-order chi connectivity index (χ0) is 22.0. The number of benzene rings is 1. The molecule has 1 aliphatic heterocycles. The summed E-state index contributed by atoms with van der Waals surface area (Å²) in [6, 6.07) is 9.22. The van der Waals surface area contributed by atoms with Gasteiger partial charge in [-0.2, -0.15) is 0 Å². The van der Waals surface area contributed by atoms with Gasteiger partial charge in [0.05, 0.1) is 10.2 Å². The minimum absolute atomic E-state index is 0.0671. The molecule has 7 heteroatoms. The number of para-hydroxylation sites is 1. The van der Waals surface area contributed by atoms with E-state index in [2.05, 4.69) is 61.4 Å². The Morgan fingerprint density at radius 1 is 1.23 bits per heavy atom. The Morgan fingerprint density at radius 2 is 2.03 bits per heavy atom. The number of amides is 1. The Balaban J connectivity index is 1.63. The third-order valence-electron chi connectivity index (χ3n) is 6.03. The molecule has 0 fully saturated rings. The van der Waals surface area contributed by atoms with E-state index in [1.54, 1.807) is 22.7 Å². The number of hydrogen-bond donors (Lipinski definition) is 2. The SMILES string of the molecule is CC[C@@H](C)NCCC(=O)Nc1sc2c(c1-c1nc3ccccc3s1)CCN(C(C)C)C2. The van der Waals surface area contributed by atoms with Crippen molar-refractivity contribution in [2.75, 3.05) is 18.4 Å². The van der Waals surface area contributed by atoms with Crippen LogP contribution in [-0.2, 0) is 17.8 Å². The predicted molar refractivity (Wildman–Crippen MR) is 133 cm³/mol. The quantitative estimate of drug-likeness (QED) is 0.469. The van der Waals surface area contributed by atoms with Crippen molar-refractivity contribution in [3.8, 4) is 10.6 Å². The van der Waals surface area contributed by atoms with E-state index in [9.17, 15) is 4.79 Å². The highest BCUT2D eigenvalue weighted by atomic mass is 32.1. The van der Waals surface area contributed by atoms with Gasteiger partial charge in [-0.25, -0.2) is 4.98 Å². The molecule has 3 heterocycles. The van der Waals surface area contributed by atoms with Gasteiger partial charge in [-0.05, 0) is 51.3 Å². The van der Waals surface area contributed by atoms with Crippen LogP contribution in [0.4, 0.5) is 5.00 Å². The normalized spacial score (nSPS) is 15.4. The molecule has 3 aromatic rings. The minimum atomic E-state index is 0.0671. The van der Waals surface area contributed by atoms with Crippen LogP contribution in [-0.4, -0.2) is 41.0 Å². The number of anilines is 1. The van der Waals surface area contributed by atoms with Crippen LogP contribution in [0.5, 0.6) is 0 Å². The molecular weight excluding hydrogens is 424 g/mol. The van der Waals surface area contributed by atoms with Gasteiger partial charge in [-0.3, -0.25) is 9.69 Å². The van der Waals surface area contributed by atoms with Gasteiger partial charge in [0, 0.05) is 48.6 Å². The maximum atomic E-state index is 12.8. The van der Waals surface area contributed by atoms with Gasteiger partial charge in [0.1, 0.15) is 10.0 Å². The number of carbonyl (C=O) groups excluding carboxylic acids is 1. The Kier molecular flexibility index (Phi) is 7.06. The van der Waals surface area contributed by atoms with E-state index in [1.165, 1.54) is 15.1 Å². The maximum Gasteiger partial charge on any atom is 0.226 e. The standard InChI is InChI=1S/C24H32N4OS2/c1-5-16(4)25-12-10-21(29)27-24-22(23-26-18-8-6-7-9-19(18)30-23)17-11-13-28(15(2)3)14-20(17)31-24/h6-9,15-16,25H,5,10-14H2,1-4H3,(H,27,29)/t16-/m1/s1. The molecule has 1 atom stereocenters. The van der Waals surface area contributed by atoms with E-state index in [0.717, 1.165) is 47.0 Å². The molecule has 0 aliphatic carbocycles. The summed E-state index contributed by atoms with van der Waals surface area (Å²) in [6.07, 6.45) is 2.54. The van der Waals surface area contributed by atoms with Gasteiger partial charge >= 0.3 is 0 Å². The average molecular weight is 457 g/mol. The number of nitrogens with one attached hydrogen (secondary N) is 2. The molecule has 2 N–H and O–H groups in total. The van der Waals surface area contributed by atoms with E-state index in [-0.39, 0.29) is 5.91 Å². The summed E-state index contributed by atoms with van der Waals surface area (Å²) in [6.45, 7) is 11.5. The molecule has 1 aromatic carbocycles. The van der Waals surface area contributed by atoms with Crippen molar-refractivity contribution < 1.29 is 4.79 Å². The number of thiophene rings is 1. The van der Waals surface area contributed by atoms with Crippen LogP contribution >= 0.6 is 22.7 Å². The highest BCUT2D eigenvalue weighted by molar-refractivity contribution is 7.22. The molecule has 4 rings (SSSR count). The molecule has 0 saturated heterocycles. The monoisotopic (exact) mass is 456 g/mol.